The summed E-state index contributed by atoms with van der Waals surface area (Å²) in [7, 11) is 3.73. The zero-order valence-corrected chi connectivity index (χ0v) is 11.0. The Morgan fingerprint density at radius 2 is 2.06 bits per heavy atom. The molecule has 0 amide bonds. The highest BCUT2D eigenvalue weighted by Gasteiger charge is 2.15. The van der Waals surface area contributed by atoms with Crippen molar-refractivity contribution in [3.63, 3.8) is 0 Å². The van der Waals surface area contributed by atoms with Gasteiger partial charge in [0.1, 0.15) is 5.69 Å². The van der Waals surface area contributed by atoms with Gasteiger partial charge in [-0.2, -0.15) is 4.98 Å². The average Bonchev–Trinajstić information content (AvgIpc) is 2.25. The SMILES string of the molecule is CN(C)C=CC(=O)c1cc(C(C)(C)C)c#cn1. The van der Waals surface area contributed by atoms with Crippen LogP contribution in [-0.2, 0) is 5.41 Å². The van der Waals surface area contributed by atoms with Gasteiger partial charge in [0.05, 0.1) is 0 Å². The molecule has 0 bridgehead atoms. The van der Waals surface area contributed by atoms with Gasteiger partial charge in [-0.1, -0.05) is 20.8 Å². The Bertz CT molecular complexity index is 428. The molecule has 1 heterocycles. The lowest BCUT2D eigenvalue weighted by Crippen LogP contribution is -2.12. The molecule has 0 saturated carbocycles. The van der Waals surface area contributed by atoms with E-state index in [2.05, 4.69) is 38.0 Å². The van der Waals surface area contributed by atoms with Gasteiger partial charge in [-0.15, -0.1) is 0 Å². The molecule has 0 aromatic carbocycles. The standard InChI is InChI=1S/C14H18N2O/c1-14(2,3)11-6-8-15-12(10-11)13(17)7-9-16(4)5/h7,9-10H,1-5H3. The van der Waals surface area contributed by atoms with E-state index >= 15 is 0 Å². The van der Waals surface area contributed by atoms with Crippen molar-refractivity contribution in [1.29, 1.82) is 0 Å². The van der Waals surface area contributed by atoms with E-state index in [4.69, 9.17) is 0 Å². The van der Waals surface area contributed by atoms with Crippen LogP contribution in [0.15, 0.2) is 18.3 Å². The zero-order chi connectivity index (χ0) is 13.1. The van der Waals surface area contributed by atoms with Crippen molar-refractivity contribution in [2.24, 2.45) is 0 Å². The normalized spacial score (nSPS) is 11.4. The summed E-state index contributed by atoms with van der Waals surface area (Å²) < 4.78 is 0. The first kappa shape index (κ1) is 13.2. The van der Waals surface area contributed by atoms with Gasteiger partial charge in [-0.3, -0.25) is 4.79 Å². The predicted octanol–water partition coefficient (Wildman–Crippen LogP) is 2.24. The van der Waals surface area contributed by atoms with E-state index in [1.165, 1.54) is 6.08 Å². The Labute approximate surface area is 103 Å². The number of rotatable bonds is 3. The van der Waals surface area contributed by atoms with Gasteiger partial charge in [0, 0.05) is 38.1 Å². The van der Waals surface area contributed by atoms with Crippen LogP contribution >= 0.6 is 0 Å². The van der Waals surface area contributed by atoms with Crippen molar-refractivity contribution >= 4 is 5.78 Å². The van der Waals surface area contributed by atoms with Crippen LogP contribution in [0, 0.1) is 12.3 Å². The maximum absolute atomic E-state index is 11.8. The van der Waals surface area contributed by atoms with Crippen molar-refractivity contribution in [2.45, 2.75) is 26.2 Å². The van der Waals surface area contributed by atoms with Crippen molar-refractivity contribution in [1.82, 2.24) is 9.88 Å². The molecular weight excluding hydrogens is 212 g/mol. The number of nitrogens with zero attached hydrogens (tertiary/aromatic N) is 2. The second kappa shape index (κ2) is 5.01. The largest absolute Gasteiger partial charge is 0.383 e. The van der Waals surface area contributed by atoms with E-state index in [0.29, 0.717) is 5.69 Å². The van der Waals surface area contributed by atoms with Gasteiger partial charge in [0.25, 0.3) is 0 Å². The third kappa shape index (κ3) is 3.92. The first-order valence-corrected chi connectivity index (χ1v) is 5.50. The molecule has 90 valence electrons. The van der Waals surface area contributed by atoms with E-state index in [1.54, 1.807) is 17.2 Å². The molecule has 0 unspecified atom stereocenters. The molecule has 0 saturated heterocycles. The average molecular weight is 230 g/mol. The number of ketones is 1. The summed E-state index contributed by atoms with van der Waals surface area (Å²) in [5.74, 6) is -0.116. The molecule has 0 fully saturated rings. The van der Waals surface area contributed by atoms with Crippen LogP contribution in [0.4, 0.5) is 0 Å². The van der Waals surface area contributed by atoms with Gasteiger partial charge in [0.15, 0.2) is 0 Å². The van der Waals surface area contributed by atoms with Crippen molar-refractivity contribution in [2.75, 3.05) is 14.1 Å². The second-order valence-corrected chi connectivity index (χ2v) is 5.19. The van der Waals surface area contributed by atoms with Gasteiger partial charge in [-0.05, 0) is 17.5 Å². The summed E-state index contributed by atoms with van der Waals surface area (Å²) in [5.41, 5.74) is 1.29. The molecule has 3 nitrogen and oxygen atoms in total. The van der Waals surface area contributed by atoms with Crippen LogP contribution in [0.1, 0.15) is 36.8 Å². The van der Waals surface area contributed by atoms with Gasteiger partial charge in [0.2, 0.25) is 5.78 Å². The summed E-state index contributed by atoms with van der Waals surface area (Å²) in [6.07, 6.45) is 5.87. The van der Waals surface area contributed by atoms with Gasteiger partial charge >= 0.3 is 0 Å². The monoisotopic (exact) mass is 230 g/mol. The lowest BCUT2D eigenvalue weighted by molar-refractivity contribution is 0.104. The summed E-state index contributed by atoms with van der Waals surface area (Å²) in [5, 5.41) is 0. The first-order valence-electron chi connectivity index (χ1n) is 5.50. The summed E-state index contributed by atoms with van der Waals surface area (Å²) in [4.78, 5) is 17.6. The molecule has 0 atom stereocenters. The maximum Gasteiger partial charge on any atom is 0.206 e. The molecule has 1 aromatic rings. The number of hydrogen-bond donors (Lipinski definition) is 0. The van der Waals surface area contributed by atoms with Crippen LogP contribution in [0.25, 0.3) is 0 Å². The van der Waals surface area contributed by atoms with E-state index < -0.39 is 0 Å². The molecule has 0 spiro atoms. The summed E-state index contributed by atoms with van der Waals surface area (Å²) in [6.45, 7) is 6.20. The molecule has 1 aromatic heterocycles. The molecule has 0 aliphatic carbocycles. The molecule has 1 rings (SSSR count). The minimum atomic E-state index is -0.116. The minimum Gasteiger partial charge on any atom is -0.383 e. The number of hydrogen-bond acceptors (Lipinski definition) is 3. The van der Waals surface area contributed by atoms with Crippen LogP contribution in [-0.4, -0.2) is 29.8 Å². The predicted molar refractivity (Wildman–Crippen MR) is 67.8 cm³/mol. The number of allylic oxidation sites excluding steroid dienone is 1. The van der Waals surface area contributed by atoms with Crippen molar-refractivity contribution in [3.05, 3.63) is 41.9 Å². The quantitative estimate of drug-likeness (QED) is 0.590. The smallest absolute Gasteiger partial charge is 0.206 e. The van der Waals surface area contributed by atoms with Crippen LogP contribution in [0.2, 0.25) is 0 Å². The second-order valence-electron chi connectivity index (χ2n) is 5.19. The third-order valence-corrected chi connectivity index (χ3v) is 2.23. The lowest BCUT2D eigenvalue weighted by Gasteiger charge is -2.16. The molecule has 0 aliphatic rings. The van der Waals surface area contributed by atoms with E-state index in [1.807, 2.05) is 14.1 Å². The van der Waals surface area contributed by atoms with Crippen molar-refractivity contribution < 1.29 is 4.79 Å². The molecule has 0 N–H and O–H groups in total. The fraction of sp³-hybridized carbons (Fsp3) is 0.429. The first-order chi connectivity index (χ1) is 7.80. The minimum absolute atomic E-state index is 0.0558. The lowest BCUT2D eigenvalue weighted by atomic mass is 9.88. The Kier molecular flexibility index (Phi) is 3.90. The summed E-state index contributed by atoms with van der Waals surface area (Å²) >= 11 is 0. The molecule has 0 aliphatic heterocycles. The highest BCUT2D eigenvalue weighted by molar-refractivity contribution is 6.02. The topological polar surface area (TPSA) is 33.2 Å². The summed E-state index contributed by atoms with van der Waals surface area (Å²) in [6, 6.07) is 4.72. The Hall–Kier alpha value is -1.82. The third-order valence-electron chi connectivity index (χ3n) is 2.23. The number of carbonyl (C=O) groups is 1. The van der Waals surface area contributed by atoms with Crippen LogP contribution < -0.4 is 0 Å². The highest BCUT2D eigenvalue weighted by Crippen LogP contribution is 2.20. The zero-order valence-electron chi connectivity index (χ0n) is 11.0. The number of carbonyl (C=O) groups excluding carboxylic acids is 1. The fourth-order valence-electron chi connectivity index (χ4n) is 1.19. The fourth-order valence-corrected chi connectivity index (χ4v) is 1.19. The highest BCUT2D eigenvalue weighted by atomic mass is 16.1. The molecule has 3 heteroatoms. The van der Waals surface area contributed by atoms with Crippen LogP contribution in [0.5, 0.6) is 0 Å². The molecule has 17 heavy (non-hydrogen) atoms. The maximum atomic E-state index is 11.8. The Balaban J connectivity index is 2.96. The Morgan fingerprint density at radius 3 is 2.59 bits per heavy atom. The number of aromatic nitrogens is 1. The van der Waals surface area contributed by atoms with Crippen molar-refractivity contribution in [3.8, 4) is 0 Å². The van der Waals surface area contributed by atoms with Gasteiger partial charge in [-0.25, -0.2) is 0 Å². The van der Waals surface area contributed by atoms with E-state index in [9.17, 15) is 4.79 Å². The molecule has 0 radical (unpaired) electrons. The Morgan fingerprint density at radius 1 is 1.41 bits per heavy atom. The van der Waals surface area contributed by atoms with Gasteiger partial charge < -0.3 is 4.90 Å². The van der Waals surface area contributed by atoms with E-state index in [0.717, 1.165) is 5.56 Å². The molecular formula is C14H18N2O. The van der Waals surface area contributed by atoms with E-state index in [-0.39, 0.29) is 11.2 Å². The van der Waals surface area contributed by atoms with Crippen LogP contribution in [0.3, 0.4) is 0 Å².